The fourth-order valence-electron chi connectivity index (χ4n) is 1.63. The third-order valence-electron chi connectivity index (χ3n) is 2.84. The minimum Gasteiger partial charge on any atom is -0.481 e. The van der Waals surface area contributed by atoms with Crippen molar-refractivity contribution < 1.29 is 9.53 Å². The molecule has 0 saturated carbocycles. The van der Waals surface area contributed by atoms with Crippen molar-refractivity contribution >= 4 is 46.9 Å². The third-order valence-corrected chi connectivity index (χ3v) is 3.65. The molecule has 0 aliphatic rings. The number of amides is 1. The number of hydrazone groups is 1. The van der Waals surface area contributed by atoms with Gasteiger partial charge in [0.25, 0.3) is 5.91 Å². The number of rotatable bonds is 5. The lowest BCUT2D eigenvalue weighted by Crippen LogP contribution is -2.33. The van der Waals surface area contributed by atoms with Crippen LogP contribution >= 0.6 is 34.8 Å². The molecule has 7 heteroatoms. The molecular formula is C16H13Cl3N2O2. The highest BCUT2D eigenvalue weighted by atomic mass is 35.5. The van der Waals surface area contributed by atoms with Gasteiger partial charge in [-0.1, -0.05) is 40.9 Å². The number of hydrogen-bond donors (Lipinski definition) is 1. The highest BCUT2D eigenvalue weighted by molar-refractivity contribution is 6.36. The number of carbonyl (C=O) groups excluding carboxylic acids is 1. The number of nitrogens with zero attached hydrogens (tertiary/aromatic N) is 1. The van der Waals surface area contributed by atoms with E-state index in [1.54, 1.807) is 49.4 Å². The van der Waals surface area contributed by atoms with Gasteiger partial charge in [-0.25, -0.2) is 5.43 Å². The number of nitrogens with one attached hydrogen (secondary N) is 1. The molecule has 2 rings (SSSR count). The van der Waals surface area contributed by atoms with Crippen molar-refractivity contribution in [1.29, 1.82) is 0 Å². The Balaban J connectivity index is 1.90. The van der Waals surface area contributed by atoms with Crippen LogP contribution in [-0.2, 0) is 4.79 Å². The highest BCUT2D eigenvalue weighted by Gasteiger charge is 2.13. The maximum Gasteiger partial charge on any atom is 0.280 e. The second-order valence-electron chi connectivity index (χ2n) is 4.61. The van der Waals surface area contributed by atoms with Gasteiger partial charge in [0.2, 0.25) is 0 Å². The average Bonchev–Trinajstić information content (AvgIpc) is 2.51. The van der Waals surface area contributed by atoms with Crippen molar-refractivity contribution in [3.63, 3.8) is 0 Å². The maximum atomic E-state index is 11.9. The molecule has 1 atom stereocenters. The Bertz CT molecular complexity index is 718. The first-order chi connectivity index (χ1) is 11.0. The van der Waals surface area contributed by atoms with Gasteiger partial charge in [0.1, 0.15) is 5.75 Å². The van der Waals surface area contributed by atoms with Gasteiger partial charge < -0.3 is 4.74 Å². The van der Waals surface area contributed by atoms with Crippen molar-refractivity contribution in [2.45, 2.75) is 13.0 Å². The van der Waals surface area contributed by atoms with Gasteiger partial charge in [-0.3, -0.25) is 4.79 Å². The number of carbonyl (C=O) groups is 1. The van der Waals surface area contributed by atoms with E-state index in [4.69, 9.17) is 39.5 Å². The van der Waals surface area contributed by atoms with E-state index < -0.39 is 6.10 Å². The van der Waals surface area contributed by atoms with Crippen LogP contribution in [-0.4, -0.2) is 18.2 Å². The topological polar surface area (TPSA) is 50.7 Å². The fourth-order valence-corrected chi connectivity index (χ4v) is 2.22. The Morgan fingerprint density at radius 1 is 1.13 bits per heavy atom. The average molecular weight is 372 g/mol. The molecule has 2 aromatic carbocycles. The zero-order valence-electron chi connectivity index (χ0n) is 12.1. The van der Waals surface area contributed by atoms with Crippen LogP contribution in [0.25, 0.3) is 0 Å². The molecule has 0 radical (unpaired) electrons. The Morgan fingerprint density at radius 3 is 2.43 bits per heavy atom. The van der Waals surface area contributed by atoms with Crippen LogP contribution in [0.15, 0.2) is 47.6 Å². The largest absolute Gasteiger partial charge is 0.481 e. The number of ether oxygens (including phenoxy) is 1. The van der Waals surface area contributed by atoms with Crippen LogP contribution in [0.5, 0.6) is 5.75 Å². The molecule has 0 fully saturated rings. The fraction of sp³-hybridized carbons (Fsp3) is 0.125. The number of benzene rings is 2. The second-order valence-corrected chi connectivity index (χ2v) is 5.89. The Kier molecular flexibility index (Phi) is 6.28. The lowest BCUT2D eigenvalue weighted by atomic mass is 10.2. The lowest BCUT2D eigenvalue weighted by Gasteiger charge is -2.12. The first kappa shape index (κ1) is 17.6. The van der Waals surface area contributed by atoms with Gasteiger partial charge in [0.05, 0.1) is 11.2 Å². The molecule has 4 nitrogen and oxygen atoms in total. The minimum atomic E-state index is -0.714. The summed E-state index contributed by atoms with van der Waals surface area (Å²) >= 11 is 17.6. The monoisotopic (exact) mass is 370 g/mol. The van der Waals surface area contributed by atoms with Crippen LogP contribution < -0.4 is 10.2 Å². The van der Waals surface area contributed by atoms with Crippen LogP contribution in [0.3, 0.4) is 0 Å². The molecule has 1 N–H and O–H groups in total. The first-order valence-corrected chi connectivity index (χ1v) is 7.79. The van der Waals surface area contributed by atoms with Gasteiger partial charge in [-0.2, -0.15) is 5.10 Å². The summed E-state index contributed by atoms with van der Waals surface area (Å²) in [5, 5.41) is 5.43. The molecule has 2 aromatic rings. The van der Waals surface area contributed by atoms with Gasteiger partial charge >= 0.3 is 0 Å². The Labute approximate surface area is 149 Å². The molecule has 0 heterocycles. The summed E-state index contributed by atoms with van der Waals surface area (Å²) in [5.74, 6) is 0.156. The lowest BCUT2D eigenvalue weighted by molar-refractivity contribution is -0.127. The Hall–Kier alpha value is -1.75. The van der Waals surface area contributed by atoms with Gasteiger partial charge in [-0.05, 0) is 43.3 Å². The summed E-state index contributed by atoms with van der Waals surface area (Å²) in [6, 6.07) is 11.7. The van der Waals surface area contributed by atoms with E-state index in [0.717, 1.165) is 0 Å². The molecule has 0 spiro atoms. The van der Waals surface area contributed by atoms with Crippen molar-refractivity contribution in [3.8, 4) is 5.75 Å². The number of halogens is 3. The van der Waals surface area contributed by atoms with Crippen LogP contribution in [0, 0.1) is 0 Å². The van der Waals surface area contributed by atoms with E-state index in [0.29, 0.717) is 26.4 Å². The predicted molar refractivity (Wildman–Crippen MR) is 93.7 cm³/mol. The van der Waals surface area contributed by atoms with Crippen LogP contribution in [0.4, 0.5) is 0 Å². The summed E-state index contributed by atoms with van der Waals surface area (Å²) in [7, 11) is 0. The zero-order valence-corrected chi connectivity index (χ0v) is 14.4. The standard InChI is InChI=1S/C16H13Cl3N2O2/c1-10(23-14-6-4-12(17)5-7-14)16(22)21-20-9-11-2-3-13(18)8-15(11)19/h2-10H,1H3,(H,21,22)/b20-9-/t10-/m1/s1. The van der Waals surface area contributed by atoms with E-state index in [1.807, 2.05) is 0 Å². The van der Waals surface area contributed by atoms with Gasteiger partial charge in [-0.15, -0.1) is 0 Å². The quantitative estimate of drug-likeness (QED) is 0.618. The first-order valence-electron chi connectivity index (χ1n) is 6.66. The summed E-state index contributed by atoms with van der Waals surface area (Å²) in [6.07, 6.45) is 0.722. The van der Waals surface area contributed by atoms with E-state index in [1.165, 1.54) is 6.21 Å². The van der Waals surface area contributed by atoms with Crippen molar-refractivity contribution in [2.24, 2.45) is 5.10 Å². The number of hydrogen-bond acceptors (Lipinski definition) is 3. The maximum absolute atomic E-state index is 11.9. The van der Waals surface area contributed by atoms with Gasteiger partial charge in [0, 0.05) is 15.6 Å². The molecule has 0 unspecified atom stereocenters. The van der Waals surface area contributed by atoms with Crippen LogP contribution in [0.1, 0.15) is 12.5 Å². The zero-order chi connectivity index (χ0) is 16.8. The predicted octanol–water partition coefficient (Wildman–Crippen LogP) is 4.56. The highest BCUT2D eigenvalue weighted by Crippen LogP contribution is 2.19. The van der Waals surface area contributed by atoms with E-state index in [-0.39, 0.29) is 5.91 Å². The molecule has 120 valence electrons. The smallest absolute Gasteiger partial charge is 0.280 e. The molecular weight excluding hydrogens is 359 g/mol. The van der Waals surface area contributed by atoms with Crippen molar-refractivity contribution in [2.75, 3.05) is 0 Å². The molecule has 0 aromatic heterocycles. The van der Waals surface area contributed by atoms with Gasteiger partial charge in [0.15, 0.2) is 6.10 Å². The minimum absolute atomic E-state index is 0.388. The van der Waals surface area contributed by atoms with E-state index >= 15 is 0 Å². The molecule has 0 bridgehead atoms. The normalized spacial score (nSPS) is 12.2. The molecule has 23 heavy (non-hydrogen) atoms. The molecule has 0 aliphatic carbocycles. The van der Waals surface area contributed by atoms with E-state index in [9.17, 15) is 4.79 Å². The second kappa shape index (κ2) is 8.20. The van der Waals surface area contributed by atoms with Crippen molar-refractivity contribution in [1.82, 2.24) is 5.43 Å². The summed E-state index contributed by atoms with van der Waals surface area (Å²) in [6.45, 7) is 1.62. The molecule has 1 amide bonds. The SMILES string of the molecule is C[C@@H](Oc1ccc(Cl)cc1)C(=O)N/N=C\c1ccc(Cl)cc1Cl. The van der Waals surface area contributed by atoms with E-state index in [2.05, 4.69) is 10.5 Å². The third kappa shape index (κ3) is 5.43. The summed E-state index contributed by atoms with van der Waals surface area (Å²) in [5.41, 5.74) is 3.03. The molecule has 0 saturated heterocycles. The van der Waals surface area contributed by atoms with Crippen LogP contribution in [0.2, 0.25) is 15.1 Å². The summed E-state index contributed by atoms with van der Waals surface area (Å²) < 4.78 is 5.49. The Morgan fingerprint density at radius 2 is 1.78 bits per heavy atom. The summed E-state index contributed by atoms with van der Waals surface area (Å²) in [4.78, 5) is 11.9. The van der Waals surface area contributed by atoms with Crippen molar-refractivity contribution in [3.05, 3.63) is 63.1 Å². The molecule has 0 aliphatic heterocycles.